The summed E-state index contributed by atoms with van der Waals surface area (Å²) in [6, 6.07) is 3.69. The third-order valence-corrected chi connectivity index (χ3v) is 3.76. The summed E-state index contributed by atoms with van der Waals surface area (Å²) in [5.74, 6) is 0.745. The van der Waals surface area contributed by atoms with Crippen molar-refractivity contribution in [3.05, 3.63) is 23.4 Å². The van der Waals surface area contributed by atoms with Gasteiger partial charge in [0.2, 0.25) is 0 Å². The second-order valence-electron chi connectivity index (χ2n) is 5.19. The predicted octanol–water partition coefficient (Wildman–Crippen LogP) is 1.23. The van der Waals surface area contributed by atoms with E-state index in [0.29, 0.717) is 11.4 Å². The smallest absolute Gasteiger partial charge is 0.173 e. The minimum Gasteiger partial charge on any atom is -0.409 e. The van der Waals surface area contributed by atoms with E-state index in [9.17, 15) is 5.11 Å². The van der Waals surface area contributed by atoms with Crippen LogP contribution in [0.3, 0.4) is 0 Å². The number of nitrogens with zero attached hydrogens (tertiary/aromatic N) is 3. The zero-order valence-electron chi connectivity index (χ0n) is 11.8. The van der Waals surface area contributed by atoms with Crippen LogP contribution < -0.4 is 10.6 Å². The van der Waals surface area contributed by atoms with Crippen molar-refractivity contribution in [2.24, 2.45) is 10.9 Å². The first-order valence-corrected chi connectivity index (χ1v) is 7.00. The van der Waals surface area contributed by atoms with E-state index in [1.807, 2.05) is 19.1 Å². The fraction of sp³-hybridized carbons (Fsp3) is 0.571. The molecular formula is C14H22N4O2. The Kier molecular flexibility index (Phi) is 4.79. The molecule has 6 nitrogen and oxygen atoms in total. The van der Waals surface area contributed by atoms with Gasteiger partial charge in [-0.2, -0.15) is 0 Å². The topological polar surface area (TPSA) is 95.0 Å². The number of hydrogen-bond donors (Lipinski definition) is 3. The molecule has 4 N–H and O–H groups in total. The van der Waals surface area contributed by atoms with Gasteiger partial charge in [0, 0.05) is 12.2 Å². The molecule has 0 spiro atoms. The highest BCUT2D eigenvalue weighted by Gasteiger charge is 2.24. The molecule has 2 rings (SSSR count). The number of nitrogens with two attached hydrogens (primary N) is 1. The number of aliphatic hydroxyl groups excluding tert-OH is 1. The molecule has 0 bridgehead atoms. The second kappa shape index (κ2) is 6.56. The number of amidine groups is 1. The molecule has 1 unspecified atom stereocenters. The van der Waals surface area contributed by atoms with Gasteiger partial charge in [-0.05, 0) is 31.9 Å². The van der Waals surface area contributed by atoms with Crippen LogP contribution >= 0.6 is 0 Å². The van der Waals surface area contributed by atoms with E-state index < -0.39 is 0 Å². The highest BCUT2D eigenvalue weighted by Crippen LogP contribution is 2.26. The quantitative estimate of drug-likeness (QED) is 0.334. The lowest BCUT2D eigenvalue weighted by Crippen LogP contribution is -2.39. The molecule has 0 saturated carbocycles. The highest BCUT2D eigenvalue weighted by atomic mass is 16.4. The van der Waals surface area contributed by atoms with Crippen LogP contribution in [-0.4, -0.2) is 40.3 Å². The van der Waals surface area contributed by atoms with Crippen molar-refractivity contribution in [3.63, 3.8) is 0 Å². The molecule has 1 saturated heterocycles. The van der Waals surface area contributed by atoms with Gasteiger partial charge in [0.25, 0.3) is 0 Å². The molecule has 20 heavy (non-hydrogen) atoms. The van der Waals surface area contributed by atoms with E-state index in [1.54, 1.807) is 0 Å². The molecule has 1 fully saturated rings. The van der Waals surface area contributed by atoms with Gasteiger partial charge < -0.3 is 20.9 Å². The third kappa shape index (κ3) is 3.01. The summed E-state index contributed by atoms with van der Waals surface area (Å²) in [7, 11) is 0. The molecule has 0 aromatic carbocycles. The van der Waals surface area contributed by atoms with Crippen LogP contribution in [0.1, 0.15) is 36.9 Å². The van der Waals surface area contributed by atoms with Crippen molar-refractivity contribution < 1.29 is 10.3 Å². The maximum absolute atomic E-state index is 9.62. The summed E-state index contributed by atoms with van der Waals surface area (Å²) in [6.45, 7) is 2.82. The standard InChI is InChI=1S/C14H22N4O2/c1-10-6-7-12(13(15)17-20)14(16-10)18-8-4-2-3-5-11(18)9-19/h6-7,11,19-20H,2-5,8-9H2,1H3,(H2,15,17). The van der Waals surface area contributed by atoms with Gasteiger partial charge in [0.05, 0.1) is 18.2 Å². The molecule has 0 radical (unpaired) electrons. The van der Waals surface area contributed by atoms with Crippen LogP contribution in [-0.2, 0) is 0 Å². The van der Waals surface area contributed by atoms with Crippen molar-refractivity contribution in [1.29, 1.82) is 0 Å². The summed E-state index contributed by atoms with van der Waals surface area (Å²) in [4.78, 5) is 6.64. The Balaban J connectivity index is 2.45. The molecule has 1 aromatic heterocycles. The molecule has 1 atom stereocenters. The van der Waals surface area contributed by atoms with E-state index in [1.165, 1.54) is 0 Å². The Hall–Kier alpha value is -1.82. The lowest BCUT2D eigenvalue weighted by molar-refractivity contribution is 0.254. The zero-order valence-corrected chi connectivity index (χ0v) is 11.8. The van der Waals surface area contributed by atoms with Gasteiger partial charge in [0.1, 0.15) is 5.82 Å². The molecule has 1 aliphatic heterocycles. The van der Waals surface area contributed by atoms with Crippen LogP contribution in [0.2, 0.25) is 0 Å². The van der Waals surface area contributed by atoms with Gasteiger partial charge in [-0.25, -0.2) is 4.98 Å². The van der Waals surface area contributed by atoms with Crippen molar-refractivity contribution in [2.75, 3.05) is 18.1 Å². The number of oxime groups is 1. The van der Waals surface area contributed by atoms with E-state index in [-0.39, 0.29) is 18.5 Å². The van der Waals surface area contributed by atoms with Crippen LogP contribution in [0, 0.1) is 6.92 Å². The SMILES string of the molecule is Cc1ccc(/C(N)=N/O)c(N2CCCCCC2CO)n1. The molecule has 0 amide bonds. The Bertz CT molecular complexity index is 490. The van der Waals surface area contributed by atoms with Crippen LogP contribution in [0.4, 0.5) is 5.82 Å². The van der Waals surface area contributed by atoms with E-state index in [0.717, 1.165) is 37.9 Å². The summed E-state index contributed by atoms with van der Waals surface area (Å²) in [5.41, 5.74) is 7.23. The normalized spacial score (nSPS) is 20.8. The predicted molar refractivity (Wildman–Crippen MR) is 78.2 cm³/mol. The van der Waals surface area contributed by atoms with Crippen molar-refractivity contribution >= 4 is 11.7 Å². The van der Waals surface area contributed by atoms with Crippen molar-refractivity contribution in [2.45, 2.75) is 38.6 Å². The van der Waals surface area contributed by atoms with Crippen molar-refractivity contribution in [1.82, 2.24) is 4.98 Å². The monoisotopic (exact) mass is 278 g/mol. The Morgan fingerprint density at radius 3 is 2.95 bits per heavy atom. The molecule has 1 aliphatic rings. The van der Waals surface area contributed by atoms with Crippen molar-refractivity contribution in [3.8, 4) is 0 Å². The average molecular weight is 278 g/mol. The lowest BCUT2D eigenvalue weighted by Gasteiger charge is -2.31. The molecule has 0 aliphatic carbocycles. The average Bonchev–Trinajstić information content (AvgIpc) is 2.71. The number of aliphatic hydroxyl groups is 1. The van der Waals surface area contributed by atoms with Crippen LogP contribution in [0.25, 0.3) is 0 Å². The molecular weight excluding hydrogens is 256 g/mol. The van der Waals surface area contributed by atoms with Gasteiger partial charge in [0.15, 0.2) is 5.84 Å². The van der Waals surface area contributed by atoms with Gasteiger partial charge in [-0.1, -0.05) is 18.0 Å². The first-order valence-electron chi connectivity index (χ1n) is 7.00. The number of hydrogen-bond acceptors (Lipinski definition) is 5. The minimum absolute atomic E-state index is 0.0389. The summed E-state index contributed by atoms with van der Waals surface area (Å²) >= 11 is 0. The molecule has 110 valence electrons. The molecule has 1 aromatic rings. The molecule has 2 heterocycles. The summed E-state index contributed by atoms with van der Waals surface area (Å²) in [5, 5.41) is 21.6. The van der Waals surface area contributed by atoms with Gasteiger partial charge in [-0.15, -0.1) is 0 Å². The maximum atomic E-state index is 9.62. The minimum atomic E-state index is 0.0389. The Morgan fingerprint density at radius 1 is 1.45 bits per heavy atom. The number of aromatic nitrogens is 1. The number of rotatable bonds is 3. The second-order valence-corrected chi connectivity index (χ2v) is 5.19. The summed E-state index contributed by atoms with van der Waals surface area (Å²) in [6.07, 6.45) is 4.24. The largest absolute Gasteiger partial charge is 0.409 e. The molecule has 6 heteroatoms. The van der Waals surface area contributed by atoms with Gasteiger partial charge >= 0.3 is 0 Å². The lowest BCUT2D eigenvalue weighted by atomic mass is 10.1. The number of pyridine rings is 1. The fourth-order valence-corrected chi connectivity index (χ4v) is 2.66. The third-order valence-electron chi connectivity index (χ3n) is 3.76. The van der Waals surface area contributed by atoms with Crippen LogP contribution in [0.5, 0.6) is 0 Å². The highest BCUT2D eigenvalue weighted by molar-refractivity contribution is 6.01. The van der Waals surface area contributed by atoms with E-state index >= 15 is 0 Å². The first kappa shape index (κ1) is 14.6. The first-order chi connectivity index (χ1) is 9.67. The van der Waals surface area contributed by atoms with Crippen LogP contribution in [0.15, 0.2) is 17.3 Å². The number of aryl methyl sites for hydroxylation is 1. The van der Waals surface area contributed by atoms with Gasteiger partial charge in [-0.3, -0.25) is 0 Å². The zero-order chi connectivity index (χ0) is 14.5. The van der Waals surface area contributed by atoms with E-state index in [4.69, 9.17) is 10.9 Å². The number of anilines is 1. The van der Waals surface area contributed by atoms with E-state index in [2.05, 4.69) is 15.0 Å². The Morgan fingerprint density at radius 2 is 2.25 bits per heavy atom. The fourth-order valence-electron chi connectivity index (χ4n) is 2.66. The Labute approximate surface area is 118 Å². The summed E-state index contributed by atoms with van der Waals surface area (Å²) < 4.78 is 0. The maximum Gasteiger partial charge on any atom is 0.173 e.